The zero-order valence-electron chi connectivity index (χ0n) is 13.4. The third-order valence-electron chi connectivity index (χ3n) is 4.97. The molecule has 1 amide bonds. The molecule has 0 saturated carbocycles. The second-order valence-electron chi connectivity index (χ2n) is 6.47. The molecule has 2 aliphatic heterocycles. The average molecular weight is 302 g/mol. The summed E-state index contributed by atoms with van der Waals surface area (Å²) in [5, 5.41) is 3.31. The molecule has 1 atom stereocenters. The lowest BCUT2D eigenvalue weighted by Gasteiger charge is -2.33. The maximum atomic E-state index is 12.4. The van der Waals surface area contributed by atoms with Gasteiger partial charge in [0.15, 0.2) is 0 Å². The molecular formula is C18H26N2O2. The Morgan fingerprint density at radius 3 is 2.55 bits per heavy atom. The summed E-state index contributed by atoms with van der Waals surface area (Å²) in [6.07, 6.45) is 5.47. The van der Waals surface area contributed by atoms with Crippen LogP contribution in [0.1, 0.15) is 31.2 Å². The molecule has 0 aromatic heterocycles. The fourth-order valence-corrected chi connectivity index (χ4v) is 3.57. The number of hydrogen-bond acceptors (Lipinski definition) is 3. The van der Waals surface area contributed by atoms with E-state index in [1.54, 1.807) is 7.11 Å². The minimum Gasteiger partial charge on any atom is -0.497 e. The first-order valence-electron chi connectivity index (χ1n) is 8.41. The summed E-state index contributed by atoms with van der Waals surface area (Å²) in [5.74, 6) is 1.92. The van der Waals surface area contributed by atoms with Crippen LogP contribution < -0.4 is 10.1 Å². The van der Waals surface area contributed by atoms with Crippen LogP contribution in [0.5, 0.6) is 5.75 Å². The van der Waals surface area contributed by atoms with E-state index in [9.17, 15) is 4.79 Å². The molecule has 4 heteroatoms. The zero-order valence-corrected chi connectivity index (χ0v) is 13.4. The quantitative estimate of drug-likeness (QED) is 0.927. The van der Waals surface area contributed by atoms with Gasteiger partial charge in [-0.3, -0.25) is 4.79 Å². The maximum absolute atomic E-state index is 12.4. The van der Waals surface area contributed by atoms with Crippen LogP contribution in [0.25, 0.3) is 0 Å². The van der Waals surface area contributed by atoms with Crippen LogP contribution in [0.2, 0.25) is 0 Å². The van der Waals surface area contributed by atoms with Crippen molar-refractivity contribution >= 4 is 5.91 Å². The highest BCUT2D eigenvalue weighted by atomic mass is 16.5. The van der Waals surface area contributed by atoms with Crippen molar-refractivity contribution in [1.29, 1.82) is 0 Å². The standard InChI is InChI=1S/C18H26N2O2/c1-22-16-6-4-14(5-7-16)13-15-8-11-20(12-9-15)18(21)17-3-2-10-19-17/h4-7,15,17,19H,2-3,8-13H2,1H3. The van der Waals surface area contributed by atoms with Crippen LogP contribution in [0, 0.1) is 5.92 Å². The van der Waals surface area contributed by atoms with Gasteiger partial charge in [0, 0.05) is 13.1 Å². The number of nitrogens with zero attached hydrogens (tertiary/aromatic N) is 1. The molecule has 2 fully saturated rings. The number of piperidine rings is 1. The van der Waals surface area contributed by atoms with E-state index in [4.69, 9.17) is 4.74 Å². The van der Waals surface area contributed by atoms with Gasteiger partial charge in [0.2, 0.25) is 5.91 Å². The Balaban J connectivity index is 1.47. The molecule has 2 heterocycles. The van der Waals surface area contributed by atoms with Crippen molar-refractivity contribution in [3.05, 3.63) is 29.8 Å². The molecule has 1 unspecified atom stereocenters. The van der Waals surface area contributed by atoms with Crippen molar-refractivity contribution in [3.8, 4) is 5.75 Å². The van der Waals surface area contributed by atoms with Gasteiger partial charge in [-0.25, -0.2) is 0 Å². The van der Waals surface area contributed by atoms with Crippen LogP contribution in [0.15, 0.2) is 24.3 Å². The Morgan fingerprint density at radius 1 is 1.23 bits per heavy atom. The van der Waals surface area contributed by atoms with Crippen LogP contribution in [-0.4, -0.2) is 43.6 Å². The molecule has 4 nitrogen and oxygen atoms in total. The topological polar surface area (TPSA) is 41.6 Å². The first-order chi connectivity index (χ1) is 10.8. The van der Waals surface area contributed by atoms with E-state index in [1.807, 2.05) is 12.1 Å². The highest BCUT2D eigenvalue weighted by molar-refractivity contribution is 5.82. The van der Waals surface area contributed by atoms with Crippen LogP contribution in [0.3, 0.4) is 0 Å². The second kappa shape index (κ2) is 7.14. The summed E-state index contributed by atoms with van der Waals surface area (Å²) in [6, 6.07) is 8.44. The van der Waals surface area contributed by atoms with E-state index in [0.29, 0.717) is 11.8 Å². The van der Waals surface area contributed by atoms with Gasteiger partial charge in [-0.15, -0.1) is 0 Å². The van der Waals surface area contributed by atoms with Gasteiger partial charge in [-0.2, -0.15) is 0 Å². The summed E-state index contributed by atoms with van der Waals surface area (Å²) in [5.41, 5.74) is 1.36. The molecule has 2 aliphatic rings. The van der Waals surface area contributed by atoms with Crippen LogP contribution in [-0.2, 0) is 11.2 Å². The molecule has 0 radical (unpaired) electrons. The van der Waals surface area contributed by atoms with Gasteiger partial charge in [0.1, 0.15) is 5.75 Å². The smallest absolute Gasteiger partial charge is 0.239 e. The van der Waals surface area contributed by atoms with Gasteiger partial charge in [-0.1, -0.05) is 12.1 Å². The lowest BCUT2D eigenvalue weighted by atomic mass is 9.90. The molecule has 1 aromatic carbocycles. The summed E-state index contributed by atoms with van der Waals surface area (Å²) in [7, 11) is 1.70. The number of ether oxygens (including phenoxy) is 1. The number of rotatable bonds is 4. The zero-order chi connectivity index (χ0) is 15.4. The van der Waals surface area contributed by atoms with Crippen molar-refractivity contribution in [1.82, 2.24) is 10.2 Å². The van der Waals surface area contributed by atoms with Crippen LogP contribution >= 0.6 is 0 Å². The van der Waals surface area contributed by atoms with Gasteiger partial charge in [0.05, 0.1) is 13.2 Å². The van der Waals surface area contributed by atoms with E-state index in [0.717, 1.165) is 57.5 Å². The predicted molar refractivity (Wildman–Crippen MR) is 87.0 cm³/mol. The molecule has 1 N–H and O–H groups in total. The van der Waals surface area contributed by atoms with Crippen molar-refractivity contribution in [3.63, 3.8) is 0 Å². The minimum absolute atomic E-state index is 0.0816. The Hall–Kier alpha value is -1.55. The Labute approximate surface area is 132 Å². The van der Waals surface area contributed by atoms with E-state index < -0.39 is 0 Å². The SMILES string of the molecule is COc1ccc(CC2CCN(C(=O)C3CCCN3)CC2)cc1. The molecule has 0 aliphatic carbocycles. The summed E-state index contributed by atoms with van der Waals surface area (Å²) >= 11 is 0. The third kappa shape index (κ3) is 3.61. The number of carbonyl (C=O) groups excluding carboxylic acids is 1. The van der Waals surface area contributed by atoms with Crippen LogP contribution in [0.4, 0.5) is 0 Å². The number of carbonyl (C=O) groups is 1. The Bertz CT molecular complexity index is 486. The normalized spacial score (nSPS) is 22.8. The Kier molecular flexibility index (Phi) is 4.98. The number of likely N-dealkylation sites (tertiary alicyclic amines) is 1. The number of hydrogen-bond donors (Lipinski definition) is 1. The number of methoxy groups -OCH3 is 1. The number of benzene rings is 1. The summed E-state index contributed by atoms with van der Waals surface area (Å²) in [4.78, 5) is 14.4. The molecule has 1 aromatic rings. The monoisotopic (exact) mass is 302 g/mol. The van der Waals surface area contributed by atoms with E-state index in [2.05, 4.69) is 22.3 Å². The fourth-order valence-electron chi connectivity index (χ4n) is 3.57. The third-order valence-corrected chi connectivity index (χ3v) is 4.97. The second-order valence-corrected chi connectivity index (χ2v) is 6.47. The molecule has 120 valence electrons. The largest absolute Gasteiger partial charge is 0.497 e. The van der Waals surface area contributed by atoms with Gasteiger partial charge in [-0.05, 0) is 62.3 Å². The molecule has 0 spiro atoms. The highest BCUT2D eigenvalue weighted by Gasteiger charge is 2.29. The lowest BCUT2D eigenvalue weighted by molar-refractivity contribution is -0.134. The van der Waals surface area contributed by atoms with Crippen molar-refractivity contribution in [2.75, 3.05) is 26.7 Å². The highest BCUT2D eigenvalue weighted by Crippen LogP contribution is 2.24. The first kappa shape index (κ1) is 15.3. The van der Waals surface area contributed by atoms with Crippen molar-refractivity contribution in [2.24, 2.45) is 5.92 Å². The molecule has 2 saturated heterocycles. The number of nitrogens with one attached hydrogen (secondary N) is 1. The molecule has 0 bridgehead atoms. The van der Waals surface area contributed by atoms with Gasteiger partial charge in [0.25, 0.3) is 0 Å². The van der Waals surface area contributed by atoms with Gasteiger partial charge < -0.3 is 15.0 Å². The molecule has 3 rings (SSSR count). The van der Waals surface area contributed by atoms with Crippen molar-refractivity contribution < 1.29 is 9.53 Å². The first-order valence-corrected chi connectivity index (χ1v) is 8.41. The molecule has 22 heavy (non-hydrogen) atoms. The fraction of sp³-hybridized carbons (Fsp3) is 0.611. The lowest BCUT2D eigenvalue weighted by Crippen LogP contribution is -2.47. The maximum Gasteiger partial charge on any atom is 0.239 e. The molecular weight excluding hydrogens is 276 g/mol. The average Bonchev–Trinajstić information content (AvgIpc) is 3.10. The van der Waals surface area contributed by atoms with Crippen molar-refractivity contribution in [2.45, 2.75) is 38.1 Å². The van der Waals surface area contributed by atoms with E-state index >= 15 is 0 Å². The minimum atomic E-state index is 0.0816. The predicted octanol–water partition coefficient (Wildman–Crippen LogP) is 2.23. The van der Waals surface area contributed by atoms with E-state index in [-0.39, 0.29) is 6.04 Å². The summed E-state index contributed by atoms with van der Waals surface area (Å²) in [6.45, 7) is 2.82. The number of amides is 1. The van der Waals surface area contributed by atoms with Gasteiger partial charge >= 0.3 is 0 Å². The van der Waals surface area contributed by atoms with E-state index in [1.165, 1.54) is 5.56 Å². The summed E-state index contributed by atoms with van der Waals surface area (Å²) < 4.78 is 5.20. The Morgan fingerprint density at radius 2 is 1.95 bits per heavy atom.